The van der Waals surface area contributed by atoms with Gasteiger partial charge in [0.25, 0.3) is 15.9 Å². The van der Waals surface area contributed by atoms with Gasteiger partial charge in [0.1, 0.15) is 17.6 Å². The minimum Gasteiger partial charge on any atom is -0.484 e. The van der Waals surface area contributed by atoms with Crippen LogP contribution in [0.1, 0.15) is 22.3 Å². The van der Waals surface area contributed by atoms with Crippen molar-refractivity contribution in [2.45, 2.75) is 37.4 Å². The molecule has 0 radical (unpaired) electrons. The second-order valence-electron chi connectivity index (χ2n) is 11.4. The third-order valence-corrected chi connectivity index (χ3v) is 9.37. The van der Waals surface area contributed by atoms with Gasteiger partial charge in [-0.2, -0.15) is 0 Å². The van der Waals surface area contributed by atoms with E-state index < -0.39 is 34.4 Å². The number of hydrogen-bond donors (Lipinski definition) is 2. The van der Waals surface area contributed by atoms with Crippen LogP contribution in [0.4, 0.5) is 10.1 Å². The SMILES string of the molecule is Cc1ccc(CNC(=O)C(Cc2ccccc2)N(Cc2ccc(Cl)cc2)C(=O)COc2ccc(S(=O)(=O)Nc3ccc(F)cc3)cc2)cc1. The summed E-state index contributed by atoms with van der Waals surface area (Å²) in [6.45, 7) is 1.98. The summed E-state index contributed by atoms with van der Waals surface area (Å²) in [6, 6.07) is 33.9. The van der Waals surface area contributed by atoms with Crippen molar-refractivity contribution in [2.24, 2.45) is 0 Å². The average molecular weight is 700 g/mol. The van der Waals surface area contributed by atoms with Gasteiger partial charge in [0.15, 0.2) is 6.61 Å². The number of sulfonamides is 1. The van der Waals surface area contributed by atoms with Crippen molar-refractivity contribution < 1.29 is 27.1 Å². The van der Waals surface area contributed by atoms with Crippen molar-refractivity contribution in [3.05, 3.63) is 160 Å². The lowest BCUT2D eigenvalue weighted by Gasteiger charge is -2.31. The van der Waals surface area contributed by atoms with E-state index in [0.717, 1.165) is 34.4 Å². The Kier molecular flexibility index (Phi) is 11.7. The van der Waals surface area contributed by atoms with Crippen LogP contribution in [-0.2, 0) is 39.1 Å². The number of benzene rings is 5. The summed E-state index contributed by atoms with van der Waals surface area (Å²) < 4.78 is 47.1. The quantitative estimate of drug-likeness (QED) is 0.131. The minimum atomic E-state index is -3.96. The molecule has 0 saturated heterocycles. The van der Waals surface area contributed by atoms with Crippen LogP contribution < -0.4 is 14.8 Å². The van der Waals surface area contributed by atoms with E-state index >= 15 is 0 Å². The predicted molar refractivity (Wildman–Crippen MR) is 188 cm³/mol. The minimum absolute atomic E-state index is 0.0481. The van der Waals surface area contributed by atoms with Crippen molar-refractivity contribution >= 4 is 39.1 Å². The average Bonchev–Trinajstić information content (AvgIpc) is 3.10. The Morgan fingerprint density at radius 2 is 1.43 bits per heavy atom. The third kappa shape index (κ3) is 10.2. The van der Waals surface area contributed by atoms with Gasteiger partial charge in [0.05, 0.1) is 4.90 Å². The van der Waals surface area contributed by atoms with Gasteiger partial charge >= 0.3 is 0 Å². The van der Waals surface area contributed by atoms with Crippen LogP contribution in [0.2, 0.25) is 5.02 Å². The number of rotatable bonds is 14. The third-order valence-electron chi connectivity index (χ3n) is 7.72. The number of aryl methyl sites for hydroxylation is 1. The number of carbonyl (C=O) groups excluding carboxylic acids is 2. The van der Waals surface area contributed by atoms with Crippen molar-refractivity contribution in [3.63, 3.8) is 0 Å². The highest BCUT2D eigenvalue weighted by Gasteiger charge is 2.31. The van der Waals surface area contributed by atoms with Gasteiger partial charge in [0, 0.05) is 30.2 Å². The number of amides is 2. The summed E-state index contributed by atoms with van der Waals surface area (Å²) in [7, 11) is -3.96. The molecule has 0 aromatic heterocycles. The van der Waals surface area contributed by atoms with Crippen LogP contribution in [0.3, 0.4) is 0 Å². The molecule has 1 unspecified atom stereocenters. The van der Waals surface area contributed by atoms with Gasteiger partial charge < -0.3 is 15.0 Å². The Morgan fingerprint density at radius 3 is 2.08 bits per heavy atom. The molecule has 0 aliphatic carbocycles. The molecule has 8 nitrogen and oxygen atoms in total. The molecule has 0 bridgehead atoms. The van der Waals surface area contributed by atoms with Crippen LogP contribution in [0, 0.1) is 12.7 Å². The van der Waals surface area contributed by atoms with Crippen molar-refractivity contribution in [3.8, 4) is 5.75 Å². The number of anilines is 1. The van der Waals surface area contributed by atoms with Crippen LogP contribution >= 0.6 is 11.6 Å². The Balaban J connectivity index is 1.34. The number of nitrogens with one attached hydrogen (secondary N) is 2. The molecule has 252 valence electrons. The summed E-state index contributed by atoms with van der Waals surface area (Å²) >= 11 is 6.12. The zero-order chi connectivity index (χ0) is 34.8. The molecule has 2 amide bonds. The molecule has 0 saturated carbocycles. The van der Waals surface area contributed by atoms with Gasteiger partial charge in [-0.3, -0.25) is 14.3 Å². The second kappa shape index (κ2) is 16.3. The van der Waals surface area contributed by atoms with Crippen LogP contribution in [0.5, 0.6) is 5.75 Å². The monoisotopic (exact) mass is 699 g/mol. The Morgan fingerprint density at radius 1 is 0.796 bits per heavy atom. The summed E-state index contributed by atoms with van der Waals surface area (Å²) in [5.41, 5.74) is 3.88. The molecule has 49 heavy (non-hydrogen) atoms. The maximum atomic E-state index is 14.0. The van der Waals surface area contributed by atoms with E-state index in [2.05, 4.69) is 10.0 Å². The number of carbonyl (C=O) groups is 2. The first kappa shape index (κ1) is 35.1. The molecular weight excluding hydrogens is 665 g/mol. The Bertz CT molecular complexity index is 1960. The van der Waals surface area contributed by atoms with E-state index in [4.69, 9.17) is 16.3 Å². The smallest absolute Gasteiger partial charge is 0.261 e. The molecule has 0 heterocycles. The van der Waals surface area contributed by atoms with E-state index in [9.17, 15) is 22.4 Å². The van der Waals surface area contributed by atoms with Crippen LogP contribution in [0.15, 0.2) is 132 Å². The molecule has 0 fully saturated rings. The van der Waals surface area contributed by atoms with E-state index in [1.54, 1.807) is 24.3 Å². The summed E-state index contributed by atoms with van der Waals surface area (Å²) in [5.74, 6) is -1.00. The van der Waals surface area contributed by atoms with Gasteiger partial charge in [-0.15, -0.1) is 0 Å². The van der Waals surface area contributed by atoms with Gasteiger partial charge in [0.2, 0.25) is 5.91 Å². The lowest BCUT2D eigenvalue weighted by atomic mass is 10.0. The first-order valence-corrected chi connectivity index (χ1v) is 17.3. The zero-order valence-corrected chi connectivity index (χ0v) is 28.3. The van der Waals surface area contributed by atoms with Crippen molar-refractivity contribution in [2.75, 3.05) is 11.3 Å². The summed E-state index contributed by atoms with van der Waals surface area (Å²) in [4.78, 5) is 29.3. The molecule has 5 rings (SSSR count). The first-order valence-electron chi connectivity index (χ1n) is 15.5. The van der Waals surface area contributed by atoms with Crippen LogP contribution in [0.25, 0.3) is 0 Å². The molecule has 5 aromatic rings. The van der Waals surface area contributed by atoms with Gasteiger partial charge in [-0.05, 0) is 84.3 Å². The standard InChI is InChI=1S/C38H35ClFN3O5S/c1-27-7-9-29(10-8-27)24-41-38(45)36(23-28-5-3-2-4-6-28)43(25-30-11-13-31(39)14-12-30)37(44)26-48-34-19-21-35(22-20-34)49(46,47)42-33-17-15-32(40)16-18-33/h2-22,36,42H,23-26H2,1H3,(H,41,45). The molecule has 1 atom stereocenters. The summed E-state index contributed by atoms with van der Waals surface area (Å²) in [5, 5.41) is 3.55. The van der Waals surface area contributed by atoms with Crippen molar-refractivity contribution in [1.82, 2.24) is 10.2 Å². The molecule has 0 aliphatic heterocycles. The summed E-state index contributed by atoms with van der Waals surface area (Å²) in [6.07, 6.45) is 0.257. The maximum Gasteiger partial charge on any atom is 0.261 e. The molecular formula is C38H35ClFN3O5S. The molecule has 5 aromatic carbocycles. The largest absolute Gasteiger partial charge is 0.484 e. The fourth-order valence-corrected chi connectivity index (χ4v) is 6.21. The van der Waals surface area contributed by atoms with Gasteiger partial charge in [-0.25, -0.2) is 12.8 Å². The molecule has 2 N–H and O–H groups in total. The normalized spacial score (nSPS) is 11.7. The molecule has 0 aliphatic rings. The number of hydrogen-bond acceptors (Lipinski definition) is 5. The number of halogens is 2. The van der Waals surface area contributed by atoms with Gasteiger partial charge in [-0.1, -0.05) is 83.9 Å². The fourth-order valence-electron chi connectivity index (χ4n) is 5.03. The molecule has 0 spiro atoms. The van der Waals surface area contributed by atoms with E-state index in [1.807, 2.05) is 61.5 Å². The zero-order valence-electron chi connectivity index (χ0n) is 26.7. The van der Waals surface area contributed by atoms with Crippen LogP contribution in [-0.4, -0.2) is 37.8 Å². The number of nitrogens with zero attached hydrogens (tertiary/aromatic N) is 1. The first-order chi connectivity index (χ1) is 23.6. The topological polar surface area (TPSA) is 105 Å². The Hall–Kier alpha value is -5.19. The van der Waals surface area contributed by atoms with E-state index in [0.29, 0.717) is 5.02 Å². The number of ether oxygens (including phenoxy) is 1. The molecule has 11 heteroatoms. The van der Waals surface area contributed by atoms with Crippen molar-refractivity contribution in [1.29, 1.82) is 0 Å². The lowest BCUT2D eigenvalue weighted by molar-refractivity contribution is -0.142. The highest BCUT2D eigenvalue weighted by atomic mass is 35.5. The highest BCUT2D eigenvalue weighted by Crippen LogP contribution is 2.21. The maximum absolute atomic E-state index is 14.0. The fraction of sp³-hybridized carbons (Fsp3) is 0.158. The Labute approximate surface area is 290 Å². The highest BCUT2D eigenvalue weighted by molar-refractivity contribution is 7.92. The lowest BCUT2D eigenvalue weighted by Crippen LogP contribution is -2.51. The van der Waals surface area contributed by atoms with E-state index in [-0.39, 0.29) is 41.7 Å². The predicted octanol–water partition coefficient (Wildman–Crippen LogP) is 6.92. The van der Waals surface area contributed by atoms with E-state index in [1.165, 1.54) is 41.3 Å². The second-order valence-corrected chi connectivity index (χ2v) is 13.5.